The van der Waals surface area contributed by atoms with Crippen LogP contribution in [0.5, 0.6) is 0 Å². The summed E-state index contributed by atoms with van der Waals surface area (Å²) in [7, 11) is 0. The van der Waals surface area contributed by atoms with Crippen LogP contribution in [0.1, 0.15) is 26.3 Å². The number of hydrogen-bond acceptors (Lipinski definition) is 1. The number of benzene rings is 2. The number of aromatic amines is 1. The summed E-state index contributed by atoms with van der Waals surface area (Å²) in [4.78, 5) is 3.58. The third-order valence-electron chi connectivity index (χ3n) is 4.11. The average Bonchev–Trinajstić information content (AvgIpc) is 2.74. The molecule has 0 spiro atoms. The molecule has 2 N–H and O–H groups in total. The summed E-state index contributed by atoms with van der Waals surface area (Å²) < 4.78 is 0. The lowest BCUT2D eigenvalue weighted by atomic mass is 9.90. The van der Waals surface area contributed by atoms with Gasteiger partial charge in [-0.15, -0.1) is 0 Å². The van der Waals surface area contributed by atoms with Gasteiger partial charge in [-0.3, -0.25) is 0 Å². The molecule has 3 aromatic rings. The third kappa shape index (κ3) is 1.51. The number of fused-ring (bicyclic) bond motifs is 5. The molecule has 0 amide bonds. The second-order valence-electron chi connectivity index (χ2n) is 6.26. The van der Waals surface area contributed by atoms with E-state index in [1.165, 1.54) is 38.6 Å². The minimum atomic E-state index is 0.0107. The second-order valence-corrected chi connectivity index (χ2v) is 6.26. The first kappa shape index (κ1) is 11.6. The molecule has 0 unspecified atom stereocenters. The van der Waals surface area contributed by atoms with Gasteiger partial charge < -0.3 is 10.3 Å². The van der Waals surface area contributed by atoms with Crippen molar-refractivity contribution >= 4 is 33.1 Å². The molecular formula is C18H18N2. The molecule has 0 radical (unpaired) electrons. The number of H-pyrrole nitrogens is 1. The number of nitrogens with one attached hydrogen (secondary N) is 2. The summed E-state index contributed by atoms with van der Waals surface area (Å²) in [6.45, 7) is 6.61. The van der Waals surface area contributed by atoms with Gasteiger partial charge in [-0.05, 0) is 38.5 Å². The van der Waals surface area contributed by atoms with E-state index in [1.807, 2.05) is 0 Å². The average molecular weight is 262 g/mol. The number of hydrogen-bond donors (Lipinski definition) is 2. The smallest absolute Gasteiger partial charge is 0.0562 e. The largest absolute Gasteiger partial charge is 0.376 e. The molecule has 1 aliphatic heterocycles. The van der Waals surface area contributed by atoms with Crippen molar-refractivity contribution < 1.29 is 0 Å². The molecule has 0 saturated carbocycles. The lowest BCUT2D eigenvalue weighted by Gasteiger charge is -2.31. The fraction of sp³-hybridized carbons (Fsp3) is 0.222. The highest BCUT2D eigenvalue weighted by molar-refractivity contribution is 6.12. The number of allylic oxidation sites excluding steroid dienone is 1. The molecule has 0 bridgehead atoms. The molecular weight excluding hydrogens is 244 g/mol. The zero-order valence-corrected chi connectivity index (χ0v) is 12.0. The van der Waals surface area contributed by atoms with Crippen LogP contribution in [0.2, 0.25) is 0 Å². The Morgan fingerprint density at radius 3 is 2.60 bits per heavy atom. The molecule has 2 aromatic carbocycles. The molecule has 2 nitrogen and oxygen atoms in total. The standard InChI is InChI=1S/C18H18N2/c1-11-10-18(2,3)20-15-9-8-13-12-6-4-5-7-14(12)19-17(13)16(11)15/h4-10,19-20H,1-3H3. The molecule has 1 aliphatic rings. The third-order valence-corrected chi connectivity index (χ3v) is 4.11. The topological polar surface area (TPSA) is 27.8 Å². The highest BCUT2D eigenvalue weighted by atomic mass is 15.0. The van der Waals surface area contributed by atoms with Gasteiger partial charge in [0, 0.05) is 27.5 Å². The van der Waals surface area contributed by atoms with E-state index in [1.54, 1.807) is 0 Å². The Labute approximate surface area is 118 Å². The predicted octanol–water partition coefficient (Wildman–Crippen LogP) is 4.93. The van der Waals surface area contributed by atoms with Crippen molar-refractivity contribution in [3.05, 3.63) is 48.0 Å². The van der Waals surface area contributed by atoms with Crippen molar-refractivity contribution in [1.82, 2.24) is 4.98 Å². The van der Waals surface area contributed by atoms with Crippen LogP contribution in [-0.2, 0) is 0 Å². The number of rotatable bonds is 0. The maximum Gasteiger partial charge on any atom is 0.0562 e. The molecule has 4 rings (SSSR count). The van der Waals surface area contributed by atoms with Gasteiger partial charge in [0.25, 0.3) is 0 Å². The van der Waals surface area contributed by atoms with Crippen molar-refractivity contribution in [3.8, 4) is 0 Å². The van der Waals surface area contributed by atoms with Crippen LogP contribution in [0.4, 0.5) is 5.69 Å². The van der Waals surface area contributed by atoms with Crippen molar-refractivity contribution in [2.24, 2.45) is 0 Å². The molecule has 0 aliphatic carbocycles. The summed E-state index contributed by atoms with van der Waals surface area (Å²) in [5.41, 5.74) is 6.30. The van der Waals surface area contributed by atoms with E-state index in [9.17, 15) is 0 Å². The highest BCUT2D eigenvalue weighted by Gasteiger charge is 2.24. The second kappa shape index (κ2) is 3.66. The molecule has 2 heterocycles. The van der Waals surface area contributed by atoms with Crippen LogP contribution in [0.3, 0.4) is 0 Å². The molecule has 2 heteroatoms. The van der Waals surface area contributed by atoms with Crippen molar-refractivity contribution in [2.75, 3.05) is 5.32 Å². The normalized spacial score (nSPS) is 16.9. The summed E-state index contributed by atoms with van der Waals surface area (Å²) in [5.74, 6) is 0. The number of para-hydroxylation sites is 1. The Balaban J connectivity index is 2.13. The van der Waals surface area contributed by atoms with E-state index in [-0.39, 0.29) is 5.54 Å². The van der Waals surface area contributed by atoms with Crippen LogP contribution in [0, 0.1) is 0 Å². The first-order valence-corrected chi connectivity index (χ1v) is 7.07. The maximum atomic E-state index is 3.61. The van der Waals surface area contributed by atoms with Gasteiger partial charge in [-0.25, -0.2) is 0 Å². The fourth-order valence-corrected chi connectivity index (χ4v) is 3.43. The van der Waals surface area contributed by atoms with Gasteiger partial charge in [0.05, 0.1) is 11.1 Å². The van der Waals surface area contributed by atoms with E-state index in [2.05, 4.69) is 73.5 Å². The summed E-state index contributed by atoms with van der Waals surface area (Å²) >= 11 is 0. The van der Waals surface area contributed by atoms with Gasteiger partial charge >= 0.3 is 0 Å². The van der Waals surface area contributed by atoms with Crippen LogP contribution in [0.15, 0.2) is 42.5 Å². The fourth-order valence-electron chi connectivity index (χ4n) is 3.43. The first-order valence-electron chi connectivity index (χ1n) is 7.07. The minimum absolute atomic E-state index is 0.0107. The van der Waals surface area contributed by atoms with Crippen LogP contribution in [-0.4, -0.2) is 10.5 Å². The lowest BCUT2D eigenvalue weighted by molar-refractivity contribution is 0.708. The SMILES string of the molecule is CC1=CC(C)(C)Nc2ccc3c([nH]c4ccccc43)c21. The number of aromatic nitrogens is 1. The Morgan fingerprint density at radius 2 is 1.75 bits per heavy atom. The van der Waals surface area contributed by atoms with E-state index >= 15 is 0 Å². The lowest BCUT2D eigenvalue weighted by Crippen LogP contribution is -2.31. The van der Waals surface area contributed by atoms with Crippen molar-refractivity contribution in [2.45, 2.75) is 26.3 Å². The zero-order chi connectivity index (χ0) is 13.9. The monoisotopic (exact) mass is 262 g/mol. The van der Waals surface area contributed by atoms with E-state index in [0.717, 1.165) is 0 Å². The molecule has 0 atom stereocenters. The Bertz CT molecular complexity index is 866. The molecule has 1 aromatic heterocycles. The maximum absolute atomic E-state index is 3.61. The van der Waals surface area contributed by atoms with Gasteiger partial charge in [0.15, 0.2) is 0 Å². The van der Waals surface area contributed by atoms with Crippen molar-refractivity contribution in [1.29, 1.82) is 0 Å². The van der Waals surface area contributed by atoms with Crippen LogP contribution in [0.25, 0.3) is 27.4 Å². The van der Waals surface area contributed by atoms with Crippen LogP contribution < -0.4 is 5.32 Å². The predicted molar refractivity (Wildman–Crippen MR) is 87.2 cm³/mol. The summed E-state index contributed by atoms with van der Waals surface area (Å²) in [6, 6.07) is 12.9. The van der Waals surface area contributed by atoms with E-state index < -0.39 is 0 Å². The van der Waals surface area contributed by atoms with Crippen molar-refractivity contribution in [3.63, 3.8) is 0 Å². The molecule has 0 fully saturated rings. The van der Waals surface area contributed by atoms with Gasteiger partial charge in [-0.1, -0.05) is 30.3 Å². The summed E-state index contributed by atoms with van der Waals surface area (Å²) in [6.07, 6.45) is 2.31. The Hall–Kier alpha value is -2.22. The van der Waals surface area contributed by atoms with Crippen LogP contribution >= 0.6 is 0 Å². The zero-order valence-electron chi connectivity index (χ0n) is 12.0. The molecule has 20 heavy (non-hydrogen) atoms. The molecule has 0 saturated heterocycles. The minimum Gasteiger partial charge on any atom is -0.376 e. The van der Waals surface area contributed by atoms with Gasteiger partial charge in [0.1, 0.15) is 0 Å². The molecule has 100 valence electrons. The van der Waals surface area contributed by atoms with Gasteiger partial charge in [0.2, 0.25) is 0 Å². The Morgan fingerprint density at radius 1 is 0.950 bits per heavy atom. The summed E-state index contributed by atoms with van der Waals surface area (Å²) in [5, 5.41) is 6.20. The van der Waals surface area contributed by atoms with E-state index in [0.29, 0.717) is 0 Å². The van der Waals surface area contributed by atoms with Gasteiger partial charge in [-0.2, -0.15) is 0 Å². The number of anilines is 1. The van der Waals surface area contributed by atoms with E-state index in [4.69, 9.17) is 0 Å². The quantitative estimate of drug-likeness (QED) is 0.590. The highest BCUT2D eigenvalue weighted by Crippen LogP contribution is 2.40. The first-order chi connectivity index (χ1) is 9.55. The Kier molecular flexibility index (Phi) is 2.12.